The summed E-state index contributed by atoms with van der Waals surface area (Å²) >= 11 is 0. The minimum atomic E-state index is 0.306. The molecule has 2 aliphatic carbocycles. The van der Waals surface area contributed by atoms with Crippen molar-refractivity contribution in [2.24, 2.45) is 11.8 Å². The number of allylic oxidation sites excluding steroid dienone is 2. The number of nitrogens with one attached hydrogen (secondary N) is 2. The Bertz CT molecular complexity index is 462. The Balaban J connectivity index is 1.54. The number of hydrogen-bond donors (Lipinski definition) is 2. The number of rotatable bonds is 7. The largest absolute Gasteiger partial charge is 0.391 e. The summed E-state index contributed by atoms with van der Waals surface area (Å²) in [6.07, 6.45) is 11.4. The highest BCUT2D eigenvalue weighted by Gasteiger charge is 2.20. The van der Waals surface area contributed by atoms with E-state index in [9.17, 15) is 9.59 Å². The molecule has 2 N–H and O–H groups in total. The van der Waals surface area contributed by atoms with E-state index in [4.69, 9.17) is 0 Å². The van der Waals surface area contributed by atoms with Crippen LogP contribution in [-0.4, -0.2) is 24.7 Å². The molecule has 0 saturated heterocycles. The number of ketones is 2. The van der Waals surface area contributed by atoms with Gasteiger partial charge in [-0.25, -0.2) is 0 Å². The predicted molar refractivity (Wildman–Crippen MR) is 97.4 cm³/mol. The van der Waals surface area contributed by atoms with E-state index in [-0.39, 0.29) is 0 Å². The quantitative estimate of drug-likeness (QED) is 0.553. The zero-order chi connectivity index (χ0) is 17.4. The van der Waals surface area contributed by atoms with E-state index in [0.717, 1.165) is 62.8 Å². The molecule has 24 heavy (non-hydrogen) atoms. The third-order valence-electron chi connectivity index (χ3n) is 5.04. The molecule has 0 radical (unpaired) electrons. The predicted octanol–water partition coefficient (Wildman–Crippen LogP) is 3.49. The van der Waals surface area contributed by atoms with Crippen LogP contribution in [0.3, 0.4) is 0 Å². The standard InChI is InChI=1S/C20H32N2O2/c1-15-5-7-17(19(23)11-15)13-21-9-3-4-10-22-14-18-8-6-16(2)12-20(18)24/h13-16,21-22H,3-12H2,1-2H3/b17-13-,18-14-/t15-,16+. The Labute approximate surface area is 146 Å². The van der Waals surface area contributed by atoms with Crippen molar-refractivity contribution in [3.8, 4) is 0 Å². The van der Waals surface area contributed by atoms with Gasteiger partial charge in [-0.05, 0) is 50.4 Å². The number of unbranched alkanes of at least 4 members (excludes halogenated alkanes) is 1. The fourth-order valence-corrected chi connectivity index (χ4v) is 3.33. The van der Waals surface area contributed by atoms with Gasteiger partial charge in [-0.3, -0.25) is 9.59 Å². The minimum absolute atomic E-state index is 0.306. The zero-order valence-corrected chi connectivity index (χ0v) is 15.2. The summed E-state index contributed by atoms with van der Waals surface area (Å²) in [5, 5.41) is 6.54. The first-order chi connectivity index (χ1) is 11.6. The molecule has 0 unspecified atom stereocenters. The maximum Gasteiger partial charge on any atom is 0.160 e. The molecule has 0 aromatic rings. The van der Waals surface area contributed by atoms with E-state index >= 15 is 0 Å². The van der Waals surface area contributed by atoms with Crippen LogP contribution >= 0.6 is 0 Å². The summed E-state index contributed by atoms with van der Waals surface area (Å²) in [7, 11) is 0. The summed E-state index contributed by atoms with van der Waals surface area (Å²) in [6.45, 7) is 6.07. The molecule has 0 amide bonds. The van der Waals surface area contributed by atoms with Crippen molar-refractivity contribution < 1.29 is 9.59 Å². The van der Waals surface area contributed by atoms with Crippen LogP contribution < -0.4 is 10.6 Å². The lowest BCUT2D eigenvalue weighted by atomic mass is 9.86. The molecule has 2 saturated carbocycles. The SMILES string of the molecule is C[C@@H]1CC/C(=C/NCCCCN/C=C2/CC[C@H](C)CC2=O)C(=O)C1. The van der Waals surface area contributed by atoms with Gasteiger partial charge in [-0.2, -0.15) is 0 Å². The second-order valence-electron chi connectivity index (χ2n) is 7.50. The highest BCUT2D eigenvalue weighted by atomic mass is 16.1. The molecule has 0 aromatic heterocycles. The van der Waals surface area contributed by atoms with E-state index in [1.54, 1.807) is 0 Å². The van der Waals surface area contributed by atoms with Crippen LogP contribution in [0.2, 0.25) is 0 Å². The summed E-state index contributed by atoms with van der Waals surface area (Å²) in [4.78, 5) is 23.7. The average molecular weight is 332 g/mol. The van der Waals surface area contributed by atoms with Crippen LogP contribution in [0.25, 0.3) is 0 Å². The van der Waals surface area contributed by atoms with Crippen LogP contribution in [0.15, 0.2) is 23.5 Å². The zero-order valence-electron chi connectivity index (χ0n) is 15.2. The van der Waals surface area contributed by atoms with Crippen molar-refractivity contribution in [2.45, 2.75) is 65.2 Å². The first-order valence-corrected chi connectivity index (χ1v) is 9.47. The molecule has 134 valence electrons. The topological polar surface area (TPSA) is 58.2 Å². The highest BCUT2D eigenvalue weighted by Crippen LogP contribution is 2.25. The van der Waals surface area contributed by atoms with Gasteiger partial charge in [0.2, 0.25) is 0 Å². The van der Waals surface area contributed by atoms with E-state index in [1.165, 1.54) is 0 Å². The van der Waals surface area contributed by atoms with Crippen LogP contribution in [0.5, 0.6) is 0 Å². The van der Waals surface area contributed by atoms with Crippen molar-refractivity contribution in [3.63, 3.8) is 0 Å². The lowest BCUT2D eigenvalue weighted by Crippen LogP contribution is -2.20. The summed E-state index contributed by atoms with van der Waals surface area (Å²) in [5.74, 6) is 1.69. The monoisotopic (exact) mass is 332 g/mol. The summed E-state index contributed by atoms with van der Waals surface area (Å²) in [6, 6.07) is 0. The molecule has 0 aromatic carbocycles. The highest BCUT2D eigenvalue weighted by molar-refractivity contribution is 5.96. The number of Topliss-reactive ketones (excluding diaryl/α,β-unsaturated/α-hetero) is 2. The van der Waals surface area contributed by atoms with E-state index in [1.807, 2.05) is 12.4 Å². The van der Waals surface area contributed by atoms with E-state index in [2.05, 4.69) is 24.5 Å². The minimum Gasteiger partial charge on any atom is -0.391 e. The maximum absolute atomic E-state index is 11.9. The molecule has 2 fully saturated rings. The van der Waals surface area contributed by atoms with Crippen molar-refractivity contribution in [1.29, 1.82) is 0 Å². The van der Waals surface area contributed by atoms with Gasteiger partial charge in [-0.15, -0.1) is 0 Å². The molecule has 0 bridgehead atoms. The van der Waals surface area contributed by atoms with Crippen molar-refractivity contribution in [3.05, 3.63) is 23.5 Å². The molecular weight excluding hydrogens is 300 g/mol. The molecule has 0 spiro atoms. The van der Waals surface area contributed by atoms with Gasteiger partial charge in [0.05, 0.1) is 0 Å². The molecule has 2 atom stereocenters. The molecule has 0 heterocycles. The molecule has 4 nitrogen and oxygen atoms in total. The first-order valence-electron chi connectivity index (χ1n) is 9.47. The van der Waals surface area contributed by atoms with Crippen LogP contribution in [0.1, 0.15) is 65.2 Å². The third-order valence-corrected chi connectivity index (χ3v) is 5.04. The van der Waals surface area contributed by atoms with Crippen molar-refractivity contribution >= 4 is 11.6 Å². The lowest BCUT2D eigenvalue weighted by molar-refractivity contribution is -0.118. The number of hydrogen-bond acceptors (Lipinski definition) is 4. The van der Waals surface area contributed by atoms with Crippen molar-refractivity contribution in [1.82, 2.24) is 10.6 Å². The van der Waals surface area contributed by atoms with Crippen LogP contribution in [0, 0.1) is 11.8 Å². The van der Waals surface area contributed by atoms with Crippen molar-refractivity contribution in [2.75, 3.05) is 13.1 Å². The Kier molecular flexibility index (Phi) is 7.54. The lowest BCUT2D eigenvalue weighted by Gasteiger charge is -2.19. The maximum atomic E-state index is 11.9. The molecule has 2 rings (SSSR count). The second-order valence-corrected chi connectivity index (χ2v) is 7.50. The molecule has 4 heteroatoms. The van der Waals surface area contributed by atoms with Gasteiger partial charge in [0, 0.05) is 49.5 Å². The smallest absolute Gasteiger partial charge is 0.160 e. The average Bonchev–Trinajstić information content (AvgIpc) is 2.53. The fourth-order valence-electron chi connectivity index (χ4n) is 3.33. The molecule has 0 aliphatic heterocycles. The Morgan fingerprint density at radius 1 is 0.833 bits per heavy atom. The summed E-state index contributed by atoms with van der Waals surface area (Å²) < 4.78 is 0. The van der Waals surface area contributed by atoms with Crippen LogP contribution in [-0.2, 0) is 9.59 Å². The van der Waals surface area contributed by atoms with Gasteiger partial charge in [0.25, 0.3) is 0 Å². The summed E-state index contributed by atoms with van der Waals surface area (Å²) in [5.41, 5.74) is 1.92. The normalized spacial score (nSPS) is 28.4. The molecule has 2 aliphatic rings. The van der Waals surface area contributed by atoms with Crippen LogP contribution in [0.4, 0.5) is 0 Å². The second kappa shape index (κ2) is 9.65. The van der Waals surface area contributed by atoms with E-state index in [0.29, 0.717) is 36.2 Å². The Morgan fingerprint density at radius 3 is 1.62 bits per heavy atom. The molecular formula is C20H32N2O2. The number of carbonyl (C=O) groups excluding carboxylic acids is 2. The van der Waals surface area contributed by atoms with Gasteiger partial charge < -0.3 is 10.6 Å². The van der Waals surface area contributed by atoms with Gasteiger partial charge in [0.15, 0.2) is 11.6 Å². The van der Waals surface area contributed by atoms with E-state index < -0.39 is 0 Å². The van der Waals surface area contributed by atoms with Gasteiger partial charge in [-0.1, -0.05) is 13.8 Å². The van der Waals surface area contributed by atoms with Gasteiger partial charge in [0.1, 0.15) is 0 Å². The third kappa shape index (κ3) is 6.14. The van der Waals surface area contributed by atoms with Gasteiger partial charge >= 0.3 is 0 Å². The Morgan fingerprint density at radius 2 is 1.25 bits per heavy atom. The first kappa shape index (κ1) is 18.8. The Hall–Kier alpha value is -1.58. The number of carbonyl (C=O) groups is 2. The fraction of sp³-hybridized carbons (Fsp3) is 0.700.